The molecule has 5 nitrogen and oxygen atoms in total. The topological polar surface area (TPSA) is 60.1 Å². The van der Waals surface area contributed by atoms with E-state index in [1.807, 2.05) is 29.9 Å². The number of benzene rings is 1. The van der Waals surface area contributed by atoms with Crippen molar-refractivity contribution in [2.45, 2.75) is 6.54 Å². The van der Waals surface area contributed by atoms with Crippen molar-refractivity contribution >= 4 is 11.4 Å². The zero-order chi connectivity index (χ0) is 14.0. The summed E-state index contributed by atoms with van der Waals surface area (Å²) in [4.78, 5) is 9.70. The maximum absolute atomic E-state index is 13.5. The molecule has 1 aromatic carbocycles. The second-order valence-corrected chi connectivity index (χ2v) is 4.00. The Morgan fingerprint density at radius 1 is 1.37 bits per heavy atom. The van der Waals surface area contributed by atoms with Crippen molar-refractivity contribution in [3.63, 3.8) is 0 Å². The Morgan fingerprint density at radius 2 is 2.11 bits per heavy atom. The summed E-state index contributed by atoms with van der Waals surface area (Å²) >= 11 is 0. The van der Waals surface area contributed by atoms with E-state index in [9.17, 15) is 18.9 Å². The third kappa shape index (κ3) is 2.70. The van der Waals surface area contributed by atoms with Gasteiger partial charge in [0.25, 0.3) is 0 Å². The van der Waals surface area contributed by atoms with Crippen LogP contribution in [0.2, 0.25) is 0 Å². The molecule has 19 heavy (non-hydrogen) atoms. The minimum atomic E-state index is -1.19. The summed E-state index contributed by atoms with van der Waals surface area (Å²) in [6, 6.07) is 5.00. The lowest BCUT2D eigenvalue weighted by Gasteiger charge is -2.08. The number of hydrogen-bond acceptors (Lipinski definition) is 3. The zero-order valence-electron chi connectivity index (χ0n) is 10.1. The summed E-state index contributed by atoms with van der Waals surface area (Å²) in [5.74, 6) is -2.05. The monoisotopic (exact) mass is 267 g/mol. The number of nitrogens with one attached hydrogen (secondary N) is 1. The van der Waals surface area contributed by atoms with Gasteiger partial charge in [-0.05, 0) is 12.1 Å². The summed E-state index contributed by atoms with van der Waals surface area (Å²) in [5.41, 5.74) is 0.0106. The highest BCUT2D eigenvalue weighted by Gasteiger charge is 2.18. The van der Waals surface area contributed by atoms with Crippen molar-refractivity contribution in [1.29, 1.82) is 0 Å². The van der Waals surface area contributed by atoms with E-state index in [0.29, 0.717) is 6.07 Å². The van der Waals surface area contributed by atoms with Crippen LogP contribution in [0.5, 0.6) is 0 Å². The maximum Gasteiger partial charge on any atom is 0.307 e. The molecule has 0 spiro atoms. The molecular weight excluding hydrogens is 256 g/mol. The Labute approximate surface area is 107 Å². The lowest BCUT2D eigenvalue weighted by molar-refractivity contribution is -0.387. The molecular formula is C12H11F2N3O2. The first kappa shape index (κ1) is 13.0. The highest BCUT2D eigenvalue weighted by molar-refractivity contribution is 5.53. The van der Waals surface area contributed by atoms with Crippen molar-refractivity contribution in [1.82, 2.24) is 4.57 Å². The molecule has 0 fully saturated rings. The largest absolute Gasteiger partial charge is 0.377 e. The lowest BCUT2D eigenvalue weighted by atomic mass is 10.2. The van der Waals surface area contributed by atoms with Crippen LogP contribution in [-0.2, 0) is 13.6 Å². The van der Waals surface area contributed by atoms with E-state index in [0.717, 1.165) is 11.8 Å². The fourth-order valence-electron chi connectivity index (χ4n) is 1.68. The molecule has 0 saturated heterocycles. The molecule has 2 rings (SSSR count). The molecule has 1 aromatic heterocycles. The van der Waals surface area contributed by atoms with Crippen LogP contribution in [0.25, 0.3) is 0 Å². The number of nitro benzene ring substituents is 1. The number of aryl methyl sites for hydroxylation is 1. The standard InChI is InChI=1S/C12H11F2N3O2/c1-16-4-2-3-8(16)7-15-11-6-12(17(18)19)10(14)5-9(11)13/h2-6,15H,7H2,1H3. The van der Waals surface area contributed by atoms with Gasteiger partial charge in [0.15, 0.2) is 0 Å². The fourth-order valence-corrected chi connectivity index (χ4v) is 1.68. The summed E-state index contributed by atoms with van der Waals surface area (Å²) in [6.45, 7) is 0.281. The molecule has 1 heterocycles. The molecule has 100 valence electrons. The normalized spacial score (nSPS) is 10.5. The van der Waals surface area contributed by atoms with Gasteiger partial charge in [0, 0.05) is 31.1 Å². The highest BCUT2D eigenvalue weighted by Crippen LogP contribution is 2.25. The van der Waals surface area contributed by atoms with Crippen LogP contribution < -0.4 is 5.32 Å². The summed E-state index contributed by atoms with van der Waals surface area (Å²) < 4.78 is 28.5. The van der Waals surface area contributed by atoms with Gasteiger partial charge in [-0.2, -0.15) is 4.39 Å². The van der Waals surface area contributed by atoms with E-state index >= 15 is 0 Å². The molecule has 0 aliphatic rings. The Morgan fingerprint density at radius 3 is 2.68 bits per heavy atom. The highest BCUT2D eigenvalue weighted by atomic mass is 19.1. The number of nitro groups is 1. The molecule has 7 heteroatoms. The predicted octanol–water partition coefficient (Wildman–Crippen LogP) is 2.82. The van der Waals surface area contributed by atoms with E-state index < -0.39 is 22.2 Å². The predicted molar refractivity (Wildman–Crippen MR) is 65.8 cm³/mol. The molecule has 0 amide bonds. The zero-order valence-corrected chi connectivity index (χ0v) is 10.1. The van der Waals surface area contributed by atoms with Crippen LogP contribution in [0.1, 0.15) is 5.69 Å². The van der Waals surface area contributed by atoms with E-state index in [1.54, 1.807) is 0 Å². The quantitative estimate of drug-likeness (QED) is 0.684. The second-order valence-electron chi connectivity index (χ2n) is 4.00. The average molecular weight is 267 g/mol. The first-order valence-corrected chi connectivity index (χ1v) is 5.46. The van der Waals surface area contributed by atoms with Crippen molar-refractivity contribution < 1.29 is 13.7 Å². The molecule has 0 saturated carbocycles. The maximum atomic E-state index is 13.5. The molecule has 0 aliphatic carbocycles. The summed E-state index contributed by atoms with van der Waals surface area (Å²) in [7, 11) is 1.82. The summed E-state index contributed by atoms with van der Waals surface area (Å²) in [6.07, 6.45) is 1.82. The molecule has 0 aliphatic heterocycles. The Kier molecular flexibility index (Phi) is 3.46. The van der Waals surface area contributed by atoms with Gasteiger partial charge in [-0.15, -0.1) is 0 Å². The third-order valence-corrected chi connectivity index (χ3v) is 2.74. The Balaban J connectivity index is 2.23. The van der Waals surface area contributed by atoms with Crippen LogP contribution in [0.4, 0.5) is 20.2 Å². The number of aromatic nitrogens is 1. The van der Waals surface area contributed by atoms with E-state index in [1.165, 1.54) is 0 Å². The van der Waals surface area contributed by atoms with Gasteiger partial charge in [-0.3, -0.25) is 10.1 Å². The van der Waals surface area contributed by atoms with E-state index in [-0.39, 0.29) is 12.2 Å². The smallest absolute Gasteiger partial charge is 0.307 e. The number of anilines is 1. The van der Waals surface area contributed by atoms with Gasteiger partial charge in [0.1, 0.15) is 5.82 Å². The van der Waals surface area contributed by atoms with Crippen LogP contribution in [0.3, 0.4) is 0 Å². The van der Waals surface area contributed by atoms with E-state index in [4.69, 9.17) is 0 Å². The first-order valence-electron chi connectivity index (χ1n) is 5.46. The van der Waals surface area contributed by atoms with Gasteiger partial charge in [-0.1, -0.05) is 0 Å². The van der Waals surface area contributed by atoms with E-state index in [2.05, 4.69) is 5.32 Å². The second kappa shape index (κ2) is 5.05. The van der Waals surface area contributed by atoms with Gasteiger partial charge < -0.3 is 9.88 Å². The minimum Gasteiger partial charge on any atom is -0.377 e. The van der Waals surface area contributed by atoms with Crippen molar-refractivity contribution in [3.05, 3.63) is 57.9 Å². The first-order chi connectivity index (χ1) is 8.99. The average Bonchev–Trinajstić information content (AvgIpc) is 2.73. The van der Waals surface area contributed by atoms with Gasteiger partial charge in [0.2, 0.25) is 5.82 Å². The van der Waals surface area contributed by atoms with Crippen LogP contribution in [0.15, 0.2) is 30.5 Å². The molecule has 0 atom stereocenters. The van der Waals surface area contributed by atoms with Crippen molar-refractivity contribution in [2.75, 3.05) is 5.32 Å². The van der Waals surface area contributed by atoms with Gasteiger partial charge in [-0.25, -0.2) is 4.39 Å². The molecule has 0 unspecified atom stereocenters. The van der Waals surface area contributed by atoms with Crippen LogP contribution in [0, 0.1) is 21.7 Å². The lowest BCUT2D eigenvalue weighted by Crippen LogP contribution is -2.06. The molecule has 0 bridgehead atoms. The Hall–Kier alpha value is -2.44. The van der Waals surface area contributed by atoms with Gasteiger partial charge in [0.05, 0.1) is 17.2 Å². The SMILES string of the molecule is Cn1cccc1CNc1cc([N+](=O)[O-])c(F)cc1F. The van der Waals surface area contributed by atoms with Crippen molar-refractivity contribution in [3.8, 4) is 0 Å². The third-order valence-electron chi connectivity index (χ3n) is 2.74. The molecule has 1 N–H and O–H groups in total. The number of hydrogen-bond donors (Lipinski definition) is 1. The van der Waals surface area contributed by atoms with Crippen LogP contribution >= 0.6 is 0 Å². The number of rotatable bonds is 4. The van der Waals surface area contributed by atoms with Crippen molar-refractivity contribution in [2.24, 2.45) is 7.05 Å². The number of nitrogens with zero attached hydrogens (tertiary/aromatic N) is 2. The fraction of sp³-hybridized carbons (Fsp3) is 0.167. The summed E-state index contributed by atoms with van der Waals surface area (Å²) in [5, 5.41) is 13.3. The minimum absolute atomic E-state index is 0.102. The molecule has 0 radical (unpaired) electrons. The number of halogens is 2. The van der Waals surface area contributed by atoms with Gasteiger partial charge >= 0.3 is 5.69 Å². The Bertz CT molecular complexity index is 625. The molecule has 2 aromatic rings. The van der Waals surface area contributed by atoms with Crippen LogP contribution in [-0.4, -0.2) is 9.49 Å².